The second-order valence-electron chi connectivity index (χ2n) is 5.43. The average molecular weight is 258 g/mol. The van der Waals surface area contributed by atoms with Crippen LogP contribution in [0.15, 0.2) is 0 Å². The fourth-order valence-corrected chi connectivity index (χ4v) is 1.80. The Kier molecular flexibility index (Phi) is 4.56. The molecule has 1 fully saturated rings. The zero-order chi connectivity index (χ0) is 13.9. The van der Waals surface area contributed by atoms with Gasteiger partial charge in [-0.2, -0.15) is 0 Å². The van der Waals surface area contributed by atoms with Crippen molar-refractivity contribution in [2.45, 2.75) is 32.8 Å². The van der Waals surface area contributed by atoms with E-state index in [1.807, 2.05) is 20.8 Å². The van der Waals surface area contributed by atoms with Crippen LogP contribution in [0.4, 0.5) is 4.79 Å². The zero-order valence-corrected chi connectivity index (χ0v) is 11.7. The molecule has 1 saturated heterocycles. The lowest BCUT2D eigenvalue weighted by atomic mass is 10.1. The van der Waals surface area contributed by atoms with Gasteiger partial charge in [0.25, 0.3) is 5.91 Å². The number of hydroxylamine groups is 2. The maximum Gasteiger partial charge on any atom is 0.410 e. The maximum absolute atomic E-state index is 11.9. The summed E-state index contributed by atoms with van der Waals surface area (Å²) >= 11 is 0. The molecular weight excluding hydrogens is 236 g/mol. The van der Waals surface area contributed by atoms with Crippen LogP contribution in [-0.2, 0) is 14.4 Å². The Labute approximate surface area is 108 Å². The topological polar surface area (TPSA) is 59.1 Å². The first-order chi connectivity index (χ1) is 8.24. The molecule has 1 rings (SSSR count). The van der Waals surface area contributed by atoms with Gasteiger partial charge in [-0.3, -0.25) is 9.63 Å². The molecule has 6 nitrogen and oxygen atoms in total. The first kappa shape index (κ1) is 14.8. The summed E-state index contributed by atoms with van der Waals surface area (Å²) in [5.41, 5.74) is -0.511. The number of carbonyl (C=O) groups excluding carboxylic acids is 2. The lowest BCUT2D eigenvalue weighted by molar-refractivity contribution is -0.172. The third-order valence-electron chi connectivity index (χ3n) is 2.77. The minimum absolute atomic E-state index is 0.108. The summed E-state index contributed by atoms with van der Waals surface area (Å²) < 4.78 is 5.27. The molecule has 1 atom stereocenters. The van der Waals surface area contributed by atoms with E-state index >= 15 is 0 Å². The highest BCUT2D eigenvalue weighted by Gasteiger charge is 2.34. The van der Waals surface area contributed by atoms with Gasteiger partial charge in [0.1, 0.15) is 5.60 Å². The van der Waals surface area contributed by atoms with Crippen molar-refractivity contribution in [2.24, 2.45) is 5.92 Å². The van der Waals surface area contributed by atoms with Gasteiger partial charge in [0, 0.05) is 20.1 Å². The number of carbonyl (C=O) groups is 2. The molecule has 0 bridgehead atoms. The summed E-state index contributed by atoms with van der Waals surface area (Å²) in [5.74, 6) is -0.314. The molecule has 0 spiro atoms. The van der Waals surface area contributed by atoms with Crippen molar-refractivity contribution in [1.82, 2.24) is 9.96 Å². The van der Waals surface area contributed by atoms with Crippen molar-refractivity contribution >= 4 is 12.0 Å². The summed E-state index contributed by atoms with van der Waals surface area (Å²) in [6.07, 6.45) is 0.282. The molecule has 0 saturated carbocycles. The number of likely N-dealkylation sites (tertiary alicyclic amines) is 1. The molecule has 0 radical (unpaired) electrons. The van der Waals surface area contributed by atoms with Gasteiger partial charge in [0.15, 0.2) is 0 Å². The third-order valence-corrected chi connectivity index (χ3v) is 2.77. The highest BCUT2D eigenvalue weighted by molar-refractivity contribution is 5.79. The Morgan fingerprint density at radius 2 is 1.94 bits per heavy atom. The molecule has 2 amide bonds. The summed E-state index contributed by atoms with van der Waals surface area (Å²) in [7, 11) is 3.01. The van der Waals surface area contributed by atoms with Crippen LogP contribution in [0, 0.1) is 5.92 Å². The Balaban J connectivity index is 2.51. The van der Waals surface area contributed by atoms with Crippen LogP contribution in [0.25, 0.3) is 0 Å². The van der Waals surface area contributed by atoms with Gasteiger partial charge in [-0.1, -0.05) is 0 Å². The van der Waals surface area contributed by atoms with Gasteiger partial charge < -0.3 is 9.64 Å². The molecule has 1 heterocycles. The molecule has 0 unspecified atom stereocenters. The molecular formula is C12H22N2O4. The van der Waals surface area contributed by atoms with Gasteiger partial charge in [-0.25, -0.2) is 9.86 Å². The van der Waals surface area contributed by atoms with Crippen LogP contribution in [0.3, 0.4) is 0 Å². The third kappa shape index (κ3) is 3.87. The smallest absolute Gasteiger partial charge is 0.410 e. The average Bonchev–Trinajstić information content (AvgIpc) is 2.73. The standard InChI is InChI=1S/C12H22N2O4/c1-12(2,3)18-11(16)14-7-6-9(8-14)10(15)13(4)17-5/h9H,6-8H2,1-5H3/t9-/m0/s1. The normalized spacial score (nSPS) is 19.8. The first-order valence-electron chi connectivity index (χ1n) is 6.04. The van der Waals surface area contributed by atoms with E-state index in [4.69, 9.17) is 9.57 Å². The number of ether oxygens (including phenoxy) is 1. The quantitative estimate of drug-likeness (QED) is 0.700. The van der Waals surface area contributed by atoms with E-state index in [0.717, 1.165) is 0 Å². The monoisotopic (exact) mass is 258 g/mol. The molecule has 0 N–H and O–H groups in total. The lowest BCUT2D eigenvalue weighted by Crippen LogP contribution is -2.37. The first-order valence-corrected chi connectivity index (χ1v) is 6.04. The predicted molar refractivity (Wildman–Crippen MR) is 65.7 cm³/mol. The van der Waals surface area contributed by atoms with Crippen LogP contribution in [0.5, 0.6) is 0 Å². The predicted octanol–water partition coefficient (Wildman–Crippen LogP) is 1.26. The van der Waals surface area contributed by atoms with Crippen LogP contribution < -0.4 is 0 Å². The van der Waals surface area contributed by atoms with Crippen molar-refractivity contribution in [3.63, 3.8) is 0 Å². The van der Waals surface area contributed by atoms with E-state index in [9.17, 15) is 9.59 Å². The van der Waals surface area contributed by atoms with E-state index in [2.05, 4.69) is 0 Å². The molecule has 1 aliphatic rings. The van der Waals surface area contributed by atoms with E-state index in [-0.39, 0.29) is 17.9 Å². The molecule has 6 heteroatoms. The Hall–Kier alpha value is -1.30. The highest BCUT2D eigenvalue weighted by Crippen LogP contribution is 2.20. The van der Waals surface area contributed by atoms with Gasteiger partial charge >= 0.3 is 6.09 Å². The highest BCUT2D eigenvalue weighted by atomic mass is 16.7. The number of amides is 2. The largest absolute Gasteiger partial charge is 0.444 e. The number of hydrogen-bond acceptors (Lipinski definition) is 4. The van der Waals surface area contributed by atoms with Crippen molar-refractivity contribution in [3.05, 3.63) is 0 Å². The minimum Gasteiger partial charge on any atom is -0.444 e. The number of nitrogens with zero attached hydrogens (tertiary/aromatic N) is 2. The van der Waals surface area contributed by atoms with Crippen LogP contribution >= 0.6 is 0 Å². The SMILES string of the molecule is CON(C)C(=O)[C@H]1CCN(C(=O)OC(C)(C)C)C1. The van der Waals surface area contributed by atoms with Crippen molar-refractivity contribution in [3.8, 4) is 0 Å². The summed E-state index contributed by atoms with van der Waals surface area (Å²) in [6.45, 7) is 6.40. The summed E-state index contributed by atoms with van der Waals surface area (Å²) in [5, 5.41) is 1.20. The van der Waals surface area contributed by atoms with Gasteiger partial charge in [-0.15, -0.1) is 0 Å². The second-order valence-corrected chi connectivity index (χ2v) is 5.43. The van der Waals surface area contributed by atoms with Crippen molar-refractivity contribution in [2.75, 3.05) is 27.2 Å². The number of hydrogen-bond donors (Lipinski definition) is 0. The maximum atomic E-state index is 11.9. The fraction of sp³-hybridized carbons (Fsp3) is 0.833. The van der Waals surface area contributed by atoms with Crippen molar-refractivity contribution in [1.29, 1.82) is 0 Å². The van der Waals surface area contributed by atoms with Crippen LogP contribution in [-0.4, -0.2) is 54.8 Å². The fourth-order valence-electron chi connectivity index (χ4n) is 1.80. The summed E-state index contributed by atoms with van der Waals surface area (Å²) in [4.78, 5) is 30.1. The molecule has 0 aromatic carbocycles. The van der Waals surface area contributed by atoms with Gasteiger partial charge in [0.05, 0.1) is 13.0 Å². The molecule has 18 heavy (non-hydrogen) atoms. The molecule has 0 aliphatic carbocycles. The van der Waals surface area contributed by atoms with Crippen LogP contribution in [0.1, 0.15) is 27.2 Å². The molecule has 104 valence electrons. The molecule has 0 aromatic rings. The van der Waals surface area contributed by atoms with E-state index in [0.29, 0.717) is 19.5 Å². The second kappa shape index (κ2) is 5.56. The van der Waals surface area contributed by atoms with Gasteiger partial charge in [0.2, 0.25) is 0 Å². The summed E-state index contributed by atoms with van der Waals surface area (Å²) in [6, 6.07) is 0. The van der Waals surface area contributed by atoms with Crippen LogP contribution in [0.2, 0.25) is 0 Å². The minimum atomic E-state index is -0.511. The van der Waals surface area contributed by atoms with Gasteiger partial charge in [-0.05, 0) is 27.2 Å². The van der Waals surface area contributed by atoms with E-state index < -0.39 is 5.60 Å². The zero-order valence-electron chi connectivity index (χ0n) is 11.7. The Bertz CT molecular complexity index is 325. The molecule has 0 aromatic heterocycles. The van der Waals surface area contributed by atoms with Crippen molar-refractivity contribution < 1.29 is 19.2 Å². The van der Waals surface area contributed by atoms with E-state index in [1.54, 1.807) is 11.9 Å². The Morgan fingerprint density at radius 3 is 2.44 bits per heavy atom. The number of rotatable bonds is 2. The molecule has 1 aliphatic heterocycles. The Morgan fingerprint density at radius 1 is 1.33 bits per heavy atom. The van der Waals surface area contributed by atoms with E-state index in [1.165, 1.54) is 12.2 Å². The lowest BCUT2D eigenvalue weighted by Gasteiger charge is -2.24.